The zero-order chi connectivity index (χ0) is 21.0. The maximum atomic E-state index is 13.1. The van der Waals surface area contributed by atoms with Crippen LogP contribution < -0.4 is 0 Å². The molecule has 4 rings (SSSR count). The van der Waals surface area contributed by atoms with Crippen molar-refractivity contribution in [3.63, 3.8) is 0 Å². The number of benzene rings is 1. The van der Waals surface area contributed by atoms with Crippen LogP contribution in [0.15, 0.2) is 53.0 Å². The Morgan fingerprint density at radius 2 is 2.07 bits per heavy atom. The Morgan fingerprint density at radius 1 is 1.23 bits per heavy atom. The molecule has 1 aromatic carbocycles. The lowest BCUT2D eigenvalue weighted by Crippen LogP contribution is -2.41. The molecule has 8 nitrogen and oxygen atoms in total. The third-order valence-electron chi connectivity index (χ3n) is 4.87. The second-order valence-corrected chi connectivity index (χ2v) is 11.3. The summed E-state index contributed by atoms with van der Waals surface area (Å²) in [6, 6.07) is 13.3. The van der Waals surface area contributed by atoms with Crippen LogP contribution in [0.2, 0.25) is 0 Å². The fraction of sp³-hybridized carbons (Fsp3) is 0.368. The van der Waals surface area contributed by atoms with Crippen LogP contribution in [0.25, 0.3) is 0 Å². The van der Waals surface area contributed by atoms with Gasteiger partial charge in [-0.3, -0.25) is 4.79 Å². The largest absolute Gasteiger partial charge is 0.334 e. The van der Waals surface area contributed by atoms with Crippen molar-refractivity contribution in [2.24, 2.45) is 0 Å². The van der Waals surface area contributed by atoms with Gasteiger partial charge in [-0.1, -0.05) is 48.2 Å². The Hall–Kier alpha value is -2.24. The highest BCUT2D eigenvalue weighted by Gasteiger charge is 2.34. The lowest BCUT2D eigenvalue weighted by atomic mass is 10.1. The average molecular weight is 464 g/mol. The number of amides is 1. The summed E-state index contributed by atoms with van der Waals surface area (Å²) < 4.78 is 25.7. The first kappa shape index (κ1) is 21.0. The van der Waals surface area contributed by atoms with Gasteiger partial charge in [-0.15, -0.1) is 16.4 Å². The quantitative estimate of drug-likeness (QED) is 0.472. The summed E-state index contributed by atoms with van der Waals surface area (Å²) in [5, 5.41) is 14.3. The summed E-state index contributed by atoms with van der Waals surface area (Å²) in [6.45, 7) is 0.941. The van der Waals surface area contributed by atoms with E-state index < -0.39 is 9.84 Å². The lowest BCUT2D eigenvalue weighted by Gasteiger charge is -2.28. The van der Waals surface area contributed by atoms with Crippen LogP contribution in [-0.4, -0.2) is 62.7 Å². The van der Waals surface area contributed by atoms with Crippen molar-refractivity contribution in [1.29, 1.82) is 0 Å². The Morgan fingerprint density at radius 3 is 2.77 bits per heavy atom. The normalized spacial score (nSPS) is 17.8. The van der Waals surface area contributed by atoms with Gasteiger partial charge in [0.2, 0.25) is 11.1 Å². The topological polar surface area (TPSA) is 98.1 Å². The first-order valence-electron chi connectivity index (χ1n) is 9.45. The van der Waals surface area contributed by atoms with Crippen molar-refractivity contribution in [2.45, 2.75) is 30.7 Å². The van der Waals surface area contributed by atoms with Gasteiger partial charge >= 0.3 is 0 Å². The van der Waals surface area contributed by atoms with E-state index in [-0.39, 0.29) is 29.2 Å². The van der Waals surface area contributed by atoms with Crippen LogP contribution in [0.1, 0.15) is 16.9 Å². The number of aromatic nitrogens is 4. The van der Waals surface area contributed by atoms with Gasteiger partial charge in [-0.05, 0) is 33.9 Å². The van der Waals surface area contributed by atoms with Crippen molar-refractivity contribution in [2.75, 3.05) is 17.3 Å². The number of carbonyl (C=O) groups excluding carboxylic acids is 1. The summed E-state index contributed by atoms with van der Waals surface area (Å²) in [7, 11) is -3.10. The molecule has 0 radical (unpaired) electrons. The van der Waals surface area contributed by atoms with Crippen molar-refractivity contribution in [1.82, 2.24) is 25.1 Å². The molecular weight excluding hydrogens is 442 g/mol. The van der Waals surface area contributed by atoms with Gasteiger partial charge in [-0.25, -0.2) is 13.1 Å². The van der Waals surface area contributed by atoms with Crippen molar-refractivity contribution in [3.8, 4) is 0 Å². The molecule has 0 saturated carbocycles. The molecule has 1 atom stereocenters. The molecule has 1 saturated heterocycles. The maximum Gasteiger partial charge on any atom is 0.233 e. The number of hydrogen-bond donors (Lipinski definition) is 0. The molecule has 1 fully saturated rings. The minimum absolute atomic E-state index is 0.0202. The molecule has 2 aromatic heterocycles. The van der Waals surface area contributed by atoms with Crippen molar-refractivity contribution < 1.29 is 13.2 Å². The molecule has 3 heterocycles. The van der Waals surface area contributed by atoms with Gasteiger partial charge in [0.15, 0.2) is 9.84 Å². The van der Waals surface area contributed by atoms with Crippen LogP contribution in [-0.2, 0) is 27.7 Å². The van der Waals surface area contributed by atoms with E-state index in [1.54, 1.807) is 20.9 Å². The molecule has 0 N–H and O–H groups in total. The van der Waals surface area contributed by atoms with Crippen LogP contribution in [0.4, 0.5) is 0 Å². The van der Waals surface area contributed by atoms with E-state index in [1.807, 2.05) is 47.8 Å². The third-order valence-corrected chi connectivity index (χ3v) is 8.43. The standard InChI is InChI=1S/C19H21N5O3S3/c25-18(13-29-19-20-21-22-24(19)12-17-7-4-9-28-17)23(11-15-5-2-1-3-6-15)16-8-10-30(26,27)14-16/h1-7,9,16H,8,10-14H2. The Bertz CT molecular complexity index is 1080. The van der Waals surface area contributed by atoms with E-state index in [0.717, 1.165) is 10.4 Å². The second kappa shape index (κ2) is 9.27. The molecule has 0 bridgehead atoms. The number of nitrogens with zero attached hydrogens (tertiary/aromatic N) is 5. The molecular formula is C19H21N5O3S3. The van der Waals surface area contributed by atoms with Crippen molar-refractivity contribution in [3.05, 3.63) is 58.3 Å². The van der Waals surface area contributed by atoms with E-state index in [2.05, 4.69) is 15.5 Å². The van der Waals surface area contributed by atoms with E-state index in [0.29, 0.717) is 24.7 Å². The smallest absolute Gasteiger partial charge is 0.233 e. The Labute approximate surface area is 183 Å². The average Bonchev–Trinajstić information content (AvgIpc) is 3.47. The maximum absolute atomic E-state index is 13.1. The molecule has 0 spiro atoms. The minimum Gasteiger partial charge on any atom is -0.334 e. The van der Waals surface area contributed by atoms with Crippen LogP contribution in [0.5, 0.6) is 0 Å². The van der Waals surface area contributed by atoms with Crippen molar-refractivity contribution >= 4 is 38.8 Å². The summed E-state index contributed by atoms with van der Waals surface area (Å²) in [5.74, 6) is 0.180. The highest BCUT2D eigenvalue weighted by atomic mass is 32.2. The van der Waals surface area contributed by atoms with Gasteiger partial charge in [0.05, 0.1) is 23.8 Å². The van der Waals surface area contributed by atoms with Gasteiger partial charge in [0.1, 0.15) is 0 Å². The molecule has 0 aliphatic carbocycles. The number of thioether (sulfide) groups is 1. The lowest BCUT2D eigenvalue weighted by molar-refractivity contribution is -0.130. The van der Waals surface area contributed by atoms with Gasteiger partial charge < -0.3 is 4.90 Å². The minimum atomic E-state index is -3.10. The highest BCUT2D eigenvalue weighted by molar-refractivity contribution is 7.99. The zero-order valence-electron chi connectivity index (χ0n) is 16.1. The Kier molecular flexibility index (Phi) is 6.49. The van der Waals surface area contributed by atoms with Crippen LogP contribution in [0, 0.1) is 0 Å². The summed E-state index contributed by atoms with van der Waals surface area (Å²) in [5.41, 5.74) is 0.975. The monoisotopic (exact) mass is 463 g/mol. The molecule has 3 aromatic rings. The first-order valence-corrected chi connectivity index (χ1v) is 13.1. The molecule has 1 amide bonds. The number of thiophene rings is 1. The number of carbonyl (C=O) groups is 1. The van der Waals surface area contributed by atoms with Gasteiger partial charge in [-0.2, -0.15) is 0 Å². The molecule has 11 heteroatoms. The van der Waals surface area contributed by atoms with E-state index in [9.17, 15) is 13.2 Å². The zero-order valence-corrected chi connectivity index (χ0v) is 18.6. The van der Waals surface area contributed by atoms with Crippen LogP contribution >= 0.6 is 23.1 Å². The van der Waals surface area contributed by atoms with Gasteiger partial charge in [0, 0.05) is 17.5 Å². The fourth-order valence-electron chi connectivity index (χ4n) is 3.38. The summed E-state index contributed by atoms with van der Waals surface area (Å²) >= 11 is 2.89. The molecule has 158 valence electrons. The van der Waals surface area contributed by atoms with E-state index >= 15 is 0 Å². The molecule has 30 heavy (non-hydrogen) atoms. The molecule has 1 aliphatic heterocycles. The number of hydrogen-bond acceptors (Lipinski definition) is 8. The molecule has 1 aliphatic rings. The molecule has 1 unspecified atom stereocenters. The number of tetrazole rings is 1. The van der Waals surface area contributed by atoms with Gasteiger partial charge in [0.25, 0.3) is 0 Å². The predicted octanol–water partition coefficient (Wildman–Crippen LogP) is 2.09. The first-order chi connectivity index (χ1) is 14.5. The summed E-state index contributed by atoms with van der Waals surface area (Å²) in [6.07, 6.45) is 0.474. The number of rotatable bonds is 8. The van der Waals surface area contributed by atoms with E-state index in [1.165, 1.54) is 11.8 Å². The summed E-state index contributed by atoms with van der Waals surface area (Å²) in [4.78, 5) is 15.9. The number of sulfone groups is 1. The third kappa shape index (κ3) is 5.27. The van der Waals surface area contributed by atoms with Crippen LogP contribution in [0.3, 0.4) is 0 Å². The fourth-order valence-corrected chi connectivity index (χ4v) is 6.56. The highest BCUT2D eigenvalue weighted by Crippen LogP contribution is 2.23. The Balaban J connectivity index is 1.45. The predicted molar refractivity (Wildman–Crippen MR) is 116 cm³/mol. The van der Waals surface area contributed by atoms with E-state index in [4.69, 9.17) is 0 Å². The SMILES string of the molecule is O=C(CSc1nnnn1Cc1cccs1)N(Cc1ccccc1)C1CCS(=O)(=O)C1. The second-order valence-electron chi connectivity index (χ2n) is 7.05.